The molecular formula is C18H21ClN2O3. The van der Waals surface area contributed by atoms with E-state index in [1.807, 2.05) is 31.2 Å². The van der Waals surface area contributed by atoms with E-state index >= 15 is 0 Å². The fourth-order valence-corrected chi connectivity index (χ4v) is 2.59. The average molecular weight is 349 g/mol. The Morgan fingerprint density at radius 3 is 2.58 bits per heavy atom. The number of carbonyl (C=O) groups is 1. The molecule has 1 atom stereocenters. The molecule has 2 aromatic carbocycles. The molecule has 0 radical (unpaired) electrons. The van der Waals surface area contributed by atoms with Crippen molar-refractivity contribution in [1.82, 2.24) is 5.32 Å². The Morgan fingerprint density at radius 2 is 1.92 bits per heavy atom. The van der Waals surface area contributed by atoms with Crippen LogP contribution in [0.3, 0.4) is 0 Å². The molecule has 1 amide bonds. The van der Waals surface area contributed by atoms with Crippen molar-refractivity contribution in [3.8, 4) is 11.5 Å². The summed E-state index contributed by atoms with van der Waals surface area (Å²) < 4.78 is 10.4. The topological polar surface area (TPSA) is 59.6 Å². The number of anilines is 1. The van der Waals surface area contributed by atoms with Gasteiger partial charge in [-0.3, -0.25) is 4.79 Å². The zero-order valence-corrected chi connectivity index (χ0v) is 14.7. The average Bonchev–Trinajstić information content (AvgIpc) is 2.60. The van der Waals surface area contributed by atoms with Crippen molar-refractivity contribution in [1.29, 1.82) is 0 Å². The molecule has 2 rings (SSSR count). The van der Waals surface area contributed by atoms with Gasteiger partial charge in [0.2, 0.25) is 5.91 Å². The molecule has 2 aromatic rings. The summed E-state index contributed by atoms with van der Waals surface area (Å²) in [4.78, 5) is 12.2. The molecule has 0 fully saturated rings. The highest BCUT2D eigenvalue weighted by atomic mass is 35.5. The molecule has 24 heavy (non-hydrogen) atoms. The predicted octanol–water partition coefficient (Wildman–Crippen LogP) is 3.65. The second-order valence-electron chi connectivity index (χ2n) is 5.24. The molecule has 5 nitrogen and oxygen atoms in total. The highest BCUT2D eigenvalue weighted by Crippen LogP contribution is 2.28. The molecule has 0 saturated heterocycles. The molecule has 0 aromatic heterocycles. The maximum atomic E-state index is 12.2. The molecule has 0 saturated carbocycles. The number of hydrogen-bond acceptors (Lipinski definition) is 4. The predicted molar refractivity (Wildman–Crippen MR) is 96.0 cm³/mol. The van der Waals surface area contributed by atoms with Gasteiger partial charge in [-0.1, -0.05) is 29.8 Å². The van der Waals surface area contributed by atoms with Crippen LogP contribution in [-0.2, 0) is 4.79 Å². The van der Waals surface area contributed by atoms with Crippen LogP contribution in [0.15, 0.2) is 42.5 Å². The van der Waals surface area contributed by atoms with Crippen LogP contribution in [0, 0.1) is 0 Å². The van der Waals surface area contributed by atoms with Gasteiger partial charge in [0, 0.05) is 17.1 Å². The molecule has 0 aliphatic heterocycles. The van der Waals surface area contributed by atoms with Crippen molar-refractivity contribution in [3.63, 3.8) is 0 Å². The summed E-state index contributed by atoms with van der Waals surface area (Å²) in [6.45, 7) is 2.10. The monoisotopic (exact) mass is 348 g/mol. The van der Waals surface area contributed by atoms with E-state index < -0.39 is 0 Å². The first-order valence-electron chi connectivity index (χ1n) is 7.55. The summed E-state index contributed by atoms with van der Waals surface area (Å²) in [5.41, 5.74) is 1.51. The van der Waals surface area contributed by atoms with Crippen molar-refractivity contribution in [2.75, 3.05) is 26.1 Å². The molecule has 0 bridgehead atoms. The highest BCUT2D eigenvalue weighted by Gasteiger charge is 2.12. The van der Waals surface area contributed by atoms with Crippen LogP contribution in [0.5, 0.6) is 11.5 Å². The van der Waals surface area contributed by atoms with Gasteiger partial charge in [0.15, 0.2) is 0 Å². The van der Waals surface area contributed by atoms with E-state index in [0.717, 1.165) is 5.56 Å². The molecule has 0 unspecified atom stereocenters. The van der Waals surface area contributed by atoms with Crippen molar-refractivity contribution in [2.45, 2.75) is 13.0 Å². The van der Waals surface area contributed by atoms with E-state index in [1.54, 1.807) is 32.4 Å². The largest absolute Gasteiger partial charge is 0.497 e. The fourth-order valence-electron chi connectivity index (χ4n) is 2.29. The third-order valence-electron chi connectivity index (χ3n) is 3.62. The Morgan fingerprint density at radius 1 is 1.17 bits per heavy atom. The molecule has 0 spiro atoms. The maximum Gasteiger partial charge on any atom is 0.238 e. The Bertz CT molecular complexity index is 706. The van der Waals surface area contributed by atoms with Gasteiger partial charge >= 0.3 is 0 Å². The van der Waals surface area contributed by atoms with E-state index in [1.165, 1.54) is 0 Å². The second-order valence-corrected chi connectivity index (χ2v) is 5.65. The Kier molecular flexibility index (Phi) is 6.46. The summed E-state index contributed by atoms with van der Waals surface area (Å²) >= 11 is 6.17. The number of hydrogen-bond donors (Lipinski definition) is 2. The zero-order chi connectivity index (χ0) is 17.5. The third-order valence-corrected chi connectivity index (χ3v) is 3.97. The summed E-state index contributed by atoms with van der Waals surface area (Å²) in [6, 6.07) is 12.7. The maximum absolute atomic E-state index is 12.2. The Balaban J connectivity index is 1.97. The molecule has 0 aliphatic carbocycles. The number of benzene rings is 2. The van der Waals surface area contributed by atoms with Crippen LogP contribution in [0.1, 0.15) is 18.5 Å². The lowest BCUT2D eigenvalue weighted by molar-refractivity contribution is -0.115. The van der Waals surface area contributed by atoms with Gasteiger partial charge in [-0.15, -0.1) is 0 Å². The van der Waals surface area contributed by atoms with Gasteiger partial charge < -0.3 is 20.1 Å². The molecule has 6 heteroatoms. The third kappa shape index (κ3) is 4.63. The van der Waals surface area contributed by atoms with E-state index in [2.05, 4.69) is 10.6 Å². The smallest absolute Gasteiger partial charge is 0.238 e. The lowest BCUT2D eigenvalue weighted by atomic mass is 10.1. The standard InChI is InChI=1S/C18H21ClN2O3/c1-12(14-6-4-5-7-15(14)19)20-11-18(22)21-16-10-13(23-2)8-9-17(16)24-3/h4-10,12,20H,11H2,1-3H3,(H,21,22)/t12-/m1/s1. The molecule has 0 aliphatic rings. The highest BCUT2D eigenvalue weighted by molar-refractivity contribution is 6.31. The first-order chi connectivity index (χ1) is 11.5. The van der Waals surface area contributed by atoms with Crippen LogP contribution in [0.4, 0.5) is 5.69 Å². The summed E-state index contributed by atoms with van der Waals surface area (Å²) in [5, 5.41) is 6.65. The summed E-state index contributed by atoms with van der Waals surface area (Å²) in [6.07, 6.45) is 0. The van der Waals surface area contributed by atoms with Crippen molar-refractivity contribution < 1.29 is 14.3 Å². The van der Waals surface area contributed by atoms with Gasteiger partial charge in [0.25, 0.3) is 0 Å². The summed E-state index contributed by atoms with van der Waals surface area (Å²) in [5.74, 6) is 1.03. The van der Waals surface area contributed by atoms with E-state index in [-0.39, 0.29) is 18.5 Å². The second kappa shape index (κ2) is 8.57. The van der Waals surface area contributed by atoms with Crippen molar-refractivity contribution >= 4 is 23.2 Å². The van der Waals surface area contributed by atoms with Gasteiger partial charge in [-0.2, -0.15) is 0 Å². The molecule has 0 heterocycles. The fraction of sp³-hybridized carbons (Fsp3) is 0.278. The van der Waals surface area contributed by atoms with Crippen molar-refractivity contribution in [2.24, 2.45) is 0 Å². The van der Waals surface area contributed by atoms with Gasteiger partial charge in [0.1, 0.15) is 11.5 Å². The minimum atomic E-state index is -0.180. The molecule has 128 valence electrons. The van der Waals surface area contributed by atoms with E-state index in [0.29, 0.717) is 22.2 Å². The molecular weight excluding hydrogens is 328 g/mol. The Labute approximate surface area is 146 Å². The lowest BCUT2D eigenvalue weighted by Crippen LogP contribution is -2.30. The van der Waals surface area contributed by atoms with Gasteiger partial charge in [-0.05, 0) is 30.7 Å². The number of halogens is 1. The zero-order valence-electron chi connectivity index (χ0n) is 13.9. The minimum absolute atomic E-state index is 0.0448. The van der Waals surface area contributed by atoms with Crippen LogP contribution >= 0.6 is 11.6 Å². The van der Waals surface area contributed by atoms with E-state index in [9.17, 15) is 4.79 Å². The molecule has 2 N–H and O–H groups in total. The Hall–Kier alpha value is -2.24. The van der Waals surface area contributed by atoms with Crippen molar-refractivity contribution in [3.05, 3.63) is 53.1 Å². The van der Waals surface area contributed by atoms with Gasteiger partial charge in [0.05, 0.1) is 26.5 Å². The van der Waals surface area contributed by atoms with Crippen LogP contribution in [0.25, 0.3) is 0 Å². The number of nitrogens with one attached hydrogen (secondary N) is 2. The lowest BCUT2D eigenvalue weighted by Gasteiger charge is -2.16. The minimum Gasteiger partial charge on any atom is -0.497 e. The van der Waals surface area contributed by atoms with Crippen LogP contribution in [-0.4, -0.2) is 26.7 Å². The number of methoxy groups -OCH3 is 2. The first kappa shape index (κ1) is 18.1. The SMILES string of the molecule is COc1ccc(OC)c(NC(=O)CN[C@H](C)c2ccccc2Cl)c1. The number of carbonyl (C=O) groups excluding carboxylic acids is 1. The quantitative estimate of drug-likeness (QED) is 0.802. The number of ether oxygens (including phenoxy) is 2. The van der Waals surface area contributed by atoms with E-state index in [4.69, 9.17) is 21.1 Å². The van der Waals surface area contributed by atoms with Crippen LogP contribution in [0.2, 0.25) is 5.02 Å². The van der Waals surface area contributed by atoms with Crippen LogP contribution < -0.4 is 20.1 Å². The number of amides is 1. The number of rotatable bonds is 7. The summed E-state index contributed by atoms with van der Waals surface area (Å²) in [7, 11) is 3.12. The normalized spacial score (nSPS) is 11.7. The first-order valence-corrected chi connectivity index (χ1v) is 7.92. The van der Waals surface area contributed by atoms with Gasteiger partial charge in [-0.25, -0.2) is 0 Å².